The van der Waals surface area contributed by atoms with E-state index >= 15 is 0 Å². The van der Waals surface area contributed by atoms with Crippen LogP contribution in [0.1, 0.15) is 35.9 Å². The second kappa shape index (κ2) is 7.12. The molecule has 1 heterocycles. The maximum atomic E-state index is 10.7. The van der Waals surface area contributed by atoms with Gasteiger partial charge in [-0.15, -0.1) is 0 Å². The SMILES string of the molecule is CC(c1ccc(Oc2ccccc2)cc1)N1Cc2cccc(Cl)c2C1O. The van der Waals surface area contributed by atoms with E-state index in [2.05, 4.69) is 6.92 Å². The van der Waals surface area contributed by atoms with Gasteiger partial charge in [0.05, 0.1) is 0 Å². The Morgan fingerprint density at radius 1 is 0.962 bits per heavy atom. The van der Waals surface area contributed by atoms with Crippen molar-refractivity contribution in [1.29, 1.82) is 0 Å². The van der Waals surface area contributed by atoms with Crippen molar-refractivity contribution in [3.63, 3.8) is 0 Å². The van der Waals surface area contributed by atoms with Gasteiger partial charge in [0.1, 0.15) is 17.7 Å². The highest BCUT2D eigenvalue weighted by Crippen LogP contribution is 2.41. The predicted molar refractivity (Wildman–Crippen MR) is 103 cm³/mol. The van der Waals surface area contributed by atoms with Crippen LogP contribution in [0.2, 0.25) is 5.02 Å². The number of aliphatic hydroxyl groups is 1. The molecule has 0 amide bonds. The van der Waals surface area contributed by atoms with E-state index in [9.17, 15) is 5.11 Å². The molecule has 0 aromatic heterocycles. The third-order valence-corrected chi connectivity index (χ3v) is 5.24. The number of hydrogen-bond acceptors (Lipinski definition) is 3. The molecular formula is C22H20ClNO2. The number of benzene rings is 3. The maximum Gasteiger partial charge on any atom is 0.136 e. The zero-order valence-electron chi connectivity index (χ0n) is 14.5. The van der Waals surface area contributed by atoms with Crippen LogP contribution in [0.4, 0.5) is 0 Å². The summed E-state index contributed by atoms with van der Waals surface area (Å²) in [4.78, 5) is 2.05. The zero-order valence-corrected chi connectivity index (χ0v) is 15.2. The second-order valence-corrected chi connectivity index (χ2v) is 6.93. The van der Waals surface area contributed by atoms with E-state index < -0.39 is 6.23 Å². The van der Waals surface area contributed by atoms with Crippen LogP contribution in [-0.2, 0) is 6.54 Å². The average Bonchev–Trinajstić information content (AvgIpc) is 3.01. The lowest BCUT2D eigenvalue weighted by molar-refractivity contribution is -0.0129. The minimum Gasteiger partial charge on any atom is -0.457 e. The second-order valence-electron chi connectivity index (χ2n) is 6.52. The fourth-order valence-corrected chi connectivity index (χ4v) is 3.73. The van der Waals surface area contributed by atoms with Gasteiger partial charge in [0.2, 0.25) is 0 Å². The summed E-state index contributed by atoms with van der Waals surface area (Å²) in [5.74, 6) is 1.61. The van der Waals surface area contributed by atoms with E-state index in [0.29, 0.717) is 11.6 Å². The van der Waals surface area contributed by atoms with Crippen molar-refractivity contribution in [2.75, 3.05) is 0 Å². The smallest absolute Gasteiger partial charge is 0.136 e. The summed E-state index contributed by atoms with van der Waals surface area (Å²) in [6.45, 7) is 2.77. The Morgan fingerprint density at radius 3 is 2.35 bits per heavy atom. The minimum absolute atomic E-state index is 0.0549. The van der Waals surface area contributed by atoms with E-state index in [-0.39, 0.29) is 6.04 Å². The Balaban J connectivity index is 1.51. The van der Waals surface area contributed by atoms with Crippen molar-refractivity contribution in [1.82, 2.24) is 4.90 Å². The van der Waals surface area contributed by atoms with Gasteiger partial charge in [-0.2, -0.15) is 0 Å². The third kappa shape index (κ3) is 3.21. The first-order valence-electron chi connectivity index (χ1n) is 8.67. The molecule has 0 bridgehead atoms. The zero-order chi connectivity index (χ0) is 18.1. The first kappa shape index (κ1) is 17.1. The van der Waals surface area contributed by atoms with Crippen LogP contribution < -0.4 is 4.74 Å². The Morgan fingerprint density at radius 2 is 1.65 bits per heavy atom. The molecule has 2 atom stereocenters. The number of aliphatic hydroxyl groups excluding tert-OH is 1. The van der Waals surface area contributed by atoms with Crippen LogP contribution in [0.15, 0.2) is 72.8 Å². The lowest BCUT2D eigenvalue weighted by Crippen LogP contribution is -2.25. The lowest BCUT2D eigenvalue weighted by atomic mass is 10.1. The first-order valence-corrected chi connectivity index (χ1v) is 9.05. The fourth-order valence-electron chi connectivity index (χ4n) is 3.44. The number of hydrogen-bond donors (Lipinski definition) is 1. The van der Waals surface area contributed by atoms with Crippen molar-refractivity contribution >= 4 is 11.6 Å². The van der Waals surface area contributed by atoms with Gasteiger partial charge in [0, 0.05) is 23.2 Å². The van der Waals surface area contributed by atoms with E-state index in [1.807, 2.05) is 77.7 Å². The summed E-state index contributed by atoms with van der Waals surface area (Å²) < 4.78 is 5.85. The van der Waals surface area contributed by atoms with Crippen LogP contribution in [0.3, 0.4) is 0 Å². The Labute approximate surface area is 158 Å². The molecule has 1 aliphatic rings. The number of rotatable bonds is 4. The van der Waals surface area contributed by atoms with Gasteiger partial charge in [-0.25, -0.2) is 0 Å². The topological polar surface area (TPSA) is 32.7 Å². The molecule has 0 radical (unpaired) electrons. The highest BCUT2D eigenvalue weighted by Gasteiger charge is 2.33. The van der Waals surface area contributed by atoms with Crippen molar-refractivity contribution in [3.05, 3.63) is 94.5 Å². The van der Waals surface area contributed by atoms with E-state index in [1.54, 1.807) is 0 Å². The molecule has 1 aliphatic heterocycles. The van der Waals surface area contributed by atoms with Crippen LogP contribution in [0.5, 0.6) is 11.5 Å². The van der Waals surface area contributed by atoms with Gasteiger partial charge in [-0.3, -0.25) is 4.90 Å². The molecular weight excluding hydrogens is 346 g/mol. The summed E-state index contributed by atoms with van der Waals surface area (Å²) in [6, 6.07) is 23.5. The normalized spacial score (nSPS) is 17.7. The molecule has 3 aromatic carbocycles. The molecule has 132 valence electrons. The number of fused-ring (bicyclic) bond motifs is 1. The van der Waals surface area contributed by atoms with Crippen LogP contribution in [0, 0.1) is 0 Å². The molecule has 3 nitrogen and oxygen atoms in total. The molecule has 0 fully saturated rings. The van der Waals surface area contributed by atoms with Gasteiger partial charge in [0.15, 0.2) is 0 Å². The minimum atomic E-state index is -0.686. The Kier molecular flexibility index (Phi) is 4.68. The van der Waals surface area contributed by atoms with Crippen LogP contribution >= 0.6 is 11.6 Å². The Hall–Kier alpha value is -2.33. The summed E-state index contributed by atoms with van der Waals surface area (Å²) in [6.07, 6.45) is -0.686. The highest BCUT2D eigenvalue weighted by atomic mass is 35.5. The van der Waals surface area contributed by atoms with Crippen LogP contribution in [0.25, 0.3) is 0 Å². The molecule has 3 aromatic rings. The van der Waals surface area contributed by atoms with Gasteiger partial charge in [-0.1, -0.05) is 54.1 Å². The van der Waals surface area contributed by atoms with Crippen molar-refractivity contribution in [2.45, 2.75) is 25.7 Å². The largest absolute Gasteiger partial charge is 0.457 e. The molecule has 26 heavy (non-hydrogen) atoms. The molecule has 4 heteroatoms. The monoisotopic (exact) mass is 365 g/mol. The first-order chi connectivity index (χ1) is 12.6. The number of halogens is 1. The van der Waals surface area contributed by atoms with Crippen LogP contribution in [-0.4, -0.2) is 10.0 Å². The van der Waals surface area contributed by atoms with E-state index in [0.717, 1.165) is 28.2 Å². The summed E-state index contributed by atoms with van der Waals surface area (Å²) in [7, 11) is 0. The fraction of sp³-hybridized carbons (Fsp3) is 0.182. The molecule has 0 saturated carbocycles. The number of para-hydroxylation sites is 1. The van der Waals surface area contributed by atoms with E-state index in [1.165, 1.54) is 0 Å². The Bertz CT molecular complexity index is 896. The highest BCUT2D eigenvalue weighted by molar-refractivity contribution is 6.31. The average molecular weight is 366 g/mol. The molecule has 0 aliphatic carbocycles. The van der Waals surface area contributed by atoms with Gasteiger partial charge in [-0.05, 0) is 48.4 Å². The third-order valence-electron chi connectivity index (χ3n) is 4.91. The summed E-state index contributed by atoms with van der Waals surface area (Å²) in [5, 5.41) is 11.3. The molecule has 2 unspecified atom stereocenters. The lowest BCUT2D eigenvalue weighted by Gasteiger charge is -2.28. The maximum absolute atomic E-state index is 10.7. The molecule has 4 rings (SSSR count). The van der Waals surface area contributed by atoms with E-state index in [4.69, 9.17) is 16.3 Å². The number of nitrogens with zero attached hydrogens (tertiary/aromatic N) is 1. The summed E-state index contributed by atoms with van der Waals surface area (Å²) in [5.41, 5.74) is 3.03. The van der Waals surface area contributed by atoms with Gasteiger partial charge >= 0.3 is 0 Å². The van der Waals surface area contributed by atoms with Gasteiger partial charge in [0.25, 0.3) is 0 Å². The van der Waals surface area contributed by atoms with Crippen molar-refractivity contribution in [3.8, 4) is 11.5 Å². The van der Waals surface area contributed by atoms with Crippen molar-refractivity contribution in [2.24, 2.45) is 0 Å². The predicted octanol–water partition coefficient (Wildman–Crippen LogP) is 5.70. The summed E-state index contributed by atoms with van der Waals surface area (Å²) >= 11 is 6.28. The number of ether oxygens (including phenoxy) is 1. The molecule has 0 saturated heterocycles. The van der Waals surface area contributed by atoms with Gasteiger partial charge < -0.3 is 9.84 Å². The quantitative estimate of drug-likeness (QED) is 0.643. The molecule has 1 N–H and O–H groups in total. The molecule has 0 spiro atoms. The standard InChI is InChI=1S/C22H20ClNO2/c1-15(24-14-17-6-5-9-20(23)21(17)22(24)25)16-10-12-19(13-11-16)26-18-7-3-2-4-8-18/h2-13,15,22,25H,14H2,1H3. The van der Waals surface area contributed by atoms with Crippen molar-refractivity contribution < 1.29 is 9.84 Å².